The van der Waals surface area contributed by atoms with Gasteiger partial charge in [-0.25, -0.2) is 8.42 Å². The second-order valence-electron chi connectivity index (χ2n) is 3.27. The van der Waals surface area contributed by atoms with Crippen LogP contribution in [0.25, 0.3) is 0 Å². The van der Waals surface area contributed by atoms with E-state index in [1.807, 2.05) is 0 Å². The first-order valence-electron chi connectivity index (χ1n) is 4.63. The van der Waals surface area contributed by atoms with E-state index in [4.69, 9.17) is 28.0 Å². The Balaban J connectivity index is 2.50. The molecule has 1 aromatic carbocycles. The van der Waals surface area contributed by atoms with Gasteiger partial charge in [0.2, 0.25) is 0 Å². The molecule has 0 spiro atoms. The van der Waals surface area contributed by atoms with Crippen molar-refractivity contribution in [2.75, 3.05) is 13.2 Å². The number of hydroxylamine groups is 1. The molecule has 16 heavy (non-hydrogen) atoms. The zero-order valence-electron chi connectivity index (χ0n) is 8.19. The van der Waals surface area contributed by atoms with E-state index in [9.17, 15) is 8.42 Å². The minimum Gasteiger partial charge on any atom is -0.284 e. The van der Waals surface area contributed by atoms with Gasteiger partial charge in [-0.2, -0.15) is 0 Å². The lowest BCUT2D eigenvalue weighted by Crippen LogP contribution is -2.27. The summed E-state index contributed by atoms with van der Waals surface area (Å²) in [5, 5.41) is 0.200. The lowest BCUT2D eigenvalue weighted by atomic mass is 10.4. The van der Waals surface area contributed by atoms with Gasteiger partial charge in [0.1, 0.15) is 4.90 Å². The van der Waals surface area contributed by atoms with Crippen molar-refractivity contribution in [3.05, 3.63) is 28.2 Å². The van der Waals surface area contributed by atoms with Gasteiger partial charge in [0.25, 0.3) is 10.0 Å². The van der Waals surface area contributed by atoms with Crippen molar-refractivity contribution in [1.29, 1.82) is 0 Å². The standard InChI is InChI=1S/C9H9Cl2NO3S/c10-7-3-1-4-8(11)9(7)16(13,14)12-5-2-6-15-12/h1,3-4H,2,5-6H2. The molecule has 1 heterocycles. The molecule has 0 unspecified atom stereocenters. The van der Waals surface area contributed by atoms with Crippen LogP contribution in [0, 0.1) is 0 Å². The molecule has 1 aromatic rings. The fraction of sp³-hybridized carbons (Fsp3) is 0.333. The predicted molar refractivity (Wildman–Crippen MR) is 60.9 cm³/mol. The van der Waals surface area contributed by atoms with E-state index >= 15 is 0 Å². The molecule has 0 radical (unpaired) electrons. The van der Waals surface area contributed by atoms with Crippen LogP contribution in [0.3, 0.4) is 0 Å². The van der Waals surface area contributed by atoms with Gasteiger partial charge in [-0.3, -0.25) is 4.84 Å². The Morgan fingerprint density at radius 1 is 1.25 bits per heavy atom. The van der Waals surface area contributed by atoms with Gasteiger partial charge in [-0.1, -0.05) is 33.7 Å². The van der Waals surface area contributed by atoms with E-state index in [-0.39, 0.29) is 14.9 Å². The van der Waals surface area contributed by atoms with Crippen molar-refractivity contribution < 1.29 is 13.3 Å². The summed E-state index contributed by atoms with van der Waals surface area (Å²) in [6.07, 6.45) is 0.668. The third-order valence-electron chi connectivity index (χ3n) is 2.17. The van der Waals surface area contributed by atoms with Gasteiger partial charge in [0, 0.05) is 6.54 Å². The number of sulfonamides is 1. The molecule has 0 atom stereocenters. The fourth-order valence-corrected chi connectivity index (χ4v) is 3.84. The van der Waals surface area contributed by atoms with Crippen molar-refractivity contribution >= 4 is 33.2 Å². The van der Waals surface area contributed by atoms with Crippen molar-refractivity contribution in [3.63, 3.8) is 0 Å². The first-order valence-corrected chi connectivity index (χ1v) is 6.83. The Bertz CT molecular complexity index is 477. The van der Waals surface area contributed by atoms with Crippen LogP contribution >= 0.6 is 23.2 Å². The third-order valence-corrected chi connectivity index (χ3v) is 4.80. The Kier molecular flexibility index (Phi) is 3.42. The first-order chi connectivity index (χ1) is 7.53. The lowest BCUT2D eigenvalue weighted by Gasteiger charge is -2.16. The molecule has 1 fully saturated rings. The highest BCUT2D eigenvalue weighted by atomic mass is 35.5. The minimum atomic E-state index is -3.75. The topological polar surface area (TPSA) is 46.6 Å². The van der Waals surface area contributed by atoms with Gasteiger partial charge in [0.15, 0.2) is 0 Å². The van der Waals surface area contributed by atoms with Gasteiger partial charge in [-0.05, 0) is 18.6 Å². The maximum atomic E-state index is 12.1. The number of halogens is 2. The summed E-state index contributed by atoms with van der Waals surface area (Å²) in [6.45, 7) is 0.713. The summed E-state index contributed by atoms with van der Waals surface area (Å²) in [4.78, 5) is 4.91. The normalized spacial score (nSPS) is 17.9. The molecule has 7 heteroatoms. The molecule has 2 rings (SSSR count). The molecule has 0 saturated carbocycles. The van der Waals surface area contributed by atoms with Crippen LogP contribution in [0.5, 0.6) is 0 Å². The maximum absolute atomic E-state index is 12.1. The van der Waals surface area contributed by atoms with E-state index in [2.05, 4.69) is 0 Å². The predicted octanol–water partition coefficient (Wildman–Crippen LogP) is 2.32. The largest absolute Gasteiger partial charge is 0.284 e. The highest BCUT2D eigenvalue weighted by Gasteiger charge is 2.32. The van der Waals surface area contributed by atoms with Crippen molar-refractivity contribution in [3.8, 4) is 0 Å². The molecular formula is C9H9Cl2NO3S. The molecule has 0 N–H and O–H groups in total. The molecule has 1 aliphatic heterocycles. The summed E-state index contributed by atoms with van der Waals surface area (Å²) in [7, 11) is -3.75. The maximum Gasteiger partial charge on any atom is 0.267 e. The van der Waals surface area contributed by atoms with E-state index in [0.717, 1.165) is 4.47 Å². The van der Waals surface area contributed by atoms with Crippen LogP contribution in [0.15, 0.2) is 23.1 Å². The monoisotopic (exact) mass is 281 g/mol. The zero-order chi connectivity index (χ0) is 11.8. The minimum absolute atomic E-state index is 0.0970. The number of benzene rings is 1. The van der Waals surface area contributed by atoms with Crippen LogP contribution < -0.4 is 0 Å². The Hall–Kier alpha value is -0.330. The van der Waals surface area contributed by atoms with E-state index in [1.54, 1.807) is 6.07 Å². The van der Waals surface area contributed by atoms with Gasteiger partial charge in [-0.15, -0.1) is 0 Å². The second kappa shape index (κ2) is 4.50. The summed E-state index contributed by atoms with van der Waals surface area (Å²) in [5.74, 6) is 0. The average molecular weight is 282 g/mol. The number of nitrogens with zero attached hydrogens (tertiary/aromatic N) is 1. The van der Waals surface area contributed by atoms with Crippen LogP contribution in [0.2, 0.25) is 10.0 Å². The molecule has 88 valence electrons. The van der Waals surface area contributed by atoms with Crippen LogP contribution in [-0.4, -0.2) is 26.0 Å². The SMILES string of the molecule is O=S(=O)(c1c(Cl)cccc1Cl)N1CCCO1. The van der Waals surface area contributed by atoms with Crippen LogP contribution in [-0.2, 0) is 14.9 Å². The van der Waals surface area contributed by atoms with Gasteiger partial charge < -0.3 is 0 Å². The Morgan fingerprint density at radius 2 is 1.88 bits per heavy atom. The van der Waals surface area contributed by atoms with Crippen molar-refractivity contribution in [1.82, 2.24) is 4.47 Å². The first kappa shape index (κ1) is 12.1. The van der Waals surface area contributed by atoms with E-state index in [0.29, 0.717) is 19.6 Å². The van der Waals surface area contributed by atoms with Crippen LogP contribution in [0.1, 0.15) is 6.42 Å². The van der Waals surface area contributed by atoms with Crippen molar-refractivity contribution in [2.45, 2.75) is 11.3 Å². The highest BCUT2D eigenvalue weighted by Crippen LogP contribution is 2.32. The molecule has 4 nitrogen and oxygen atoms in total. The summed E-state index contributed by atoms with van der Waals surface area (Å²) < 4.78 is 25.1. The average Bonchev–Trinajstić information content (AvgIpc) is 2.69. The summed E-state index contributed by atoms with van der Waals surface area (Å²) in [5.41, 5.74) is 0. The van der Waals surface area contributed by atoms with E-state index < -0.39 is 10.0 Å². The molecule has 1 saturated heterocycles. The summed E-state index contributed by atoms with van der Waals surface area (Å²) >= 11 is 11.7. The Morgan fingerprint density at radius 3 is 2.38 bits per heavy atom. The second-order valence-corrected chi connectivity index (χ2v) is 5.85. The number of hydrogen-bond donors (Lipinski definition) is 0. The Labute approximate surface area is 104 Å². The molecule has 0 bridgehead atoms. The lowest BCUT2D eigenvalue weighted by molar-refractivity contribution is -0.0284. The van der Waals surface area contributed by atoms with Crippen LogP contribution in [0.4, 0.5) is 0 Å². The molecule has 1 aliphatic rings. The third kappa shape index (κ3) is 2.06. The van der Waals surface area contributed by atoms with Gasteiger partial charge >= 0.3 is 0 Å². The van der Waals surface area contributed by atoms with Gasteiger partial charge in [0.05, 0.1) is 16.7 Å². The quantitative estimate of drug-likeness (QED) is 0.836. The zero-order valence-corrected chi connectivity index (χ0v) is 10.5. The van der Waals surface area contributed by atoms with E-state index in [1.165, 1.54) is 12.1 Å². The molecular weight excluding hydrogens is 273 g/mol. The smallest absolute Gasteiger partial charge is 0.267 e. The number of rotatable bonds is 2. The highest BCUT2D eigenvalue weighted by molar-refractivity contribution is 7.89. The molecule has 0 aliphatic carbocycles. The summed E-state index contributed by atoms with van der Waals surface area (Å²) in [6, 6.07) is 4.56. The fourth-order valence-electron chi connectivity index (χ4n) is 1.44. The number of hydrogen-bond acceptors (Lipinski definition) is 3. The molecule has 0 aromatic heterocycles. The van der Waals surface area contributed by atoms with Crippen molar-refractivity contribution in [2.24, 2.45) is 0 Å². The molecule has 0 amide bonds.